The Kier molecular flexibility index (Phi) is 7.06. The van der Waals surface area contributed by atoms with Gasteiger partial charge in [-0.15, -0.1) is 11.8 Å². The largest absolute Gasteiger partial charge is 0.314 e. The van der Waals surface area contributed by atoms with Crippen LogP contribution in [0, 0.1) is 0 Å². The smallest absolute Gasteiger partial charge is 0.175 e. The van der Waals surface area contributed by atoms with E-state index in [9.17, 15) is 8.42 Å². The summed E-state index contributed by atoms with van der Waals surface area (Å²) >= 11 is 1.79. The Hall–Kier alpha value is -0.520. The summed E-state index contributed by atoms with van der Waals surface area (Å²) in [7, 11) is -3.10. The van der Waals surface area contributed by atoms with Crippen LogP contribution >= 0.6 is 11.8 Å². The van der Waals surface area contributed by atoms with Gasteiger partial charge in [0.1, 0.15) is 0 Å². The Labute approximate surface area is 127 Å². The van der Waals surface area contributed by atoms with E-state index >= 15 is 0 Å². The molecule has 0 saturated carbocycles. The van der Waals surface area contributed by atoms with Crippen molar-refractivity contribution in [1.82, 2.24) is 5.32 Å². The minimum Gasteiger partial charge on any atom is -0.314 e. The van der Waals surface area contributed by atoms with Gasteiger partial charge in [-0.3, -0.25) is 0 Å². The molecule has 1 N–H and O–H groups in total. The maximum absolute atomic E-state index is 11.4. The van der Waals surface area contributed by atoms with E-state index in [1.165, 1.54) is 6.26 Å². The molecule has 0 saturated heterocycles. The summed E-state index contributed by atoms with van der Waals surface area (Å²) in [5.74, 6) is 0. The molecule has 20 heavy (non-hydrogen) atoms. The number of rotatable bonds is 8. The Bertz CT molecular complexity index is 497. The highest BCUT2D eigenvalue weighted by atomic mass is 32.2. The number of sulfone groups is 1. The standard InChI is InChI=1S/C15H25NO2S2/c1-5-10-16-12(2)11-13(3)19-14-6-8-15(9-7-14)20(4,17)18/h6-9,12-13,16H,5,10-11H2,1-4H3. The van der Waals surface area contributed by atoms with Crippen LogP contribution in [-0.2, 0) is 9.84 Å². The average Bonchev–Trinajstić information content (AvgIpc) is 2.35. The van der Waals surface area contributed by atoms with E-state index in [4.69, 9.17) is 0 Å². The Morgan fingerprint density at radius 3 is 2.30 bits per heavy atom. The monoisotopic (exact) mass is 315 g/mol. The Morgan fingerprint density at radius 1 is 1.20 bits per heavy atom. The van der Waals surface area contributed by atoms with Crippen LogP contribution in [0.5, 0.6) is 0 Å². The highest BCUT2D eigenvalue weighted by molar-refractivity contribution is 8.00. The van der Waals surface area contributed by atoms with Crippen molar-refractivity contribution in [3.8, 4) is 0 Å². The molecule has 2 unspecified atom stereocenters. The zero-order valence-corrected chi connectivity index (χ0v) is 14.4. The van der Waals surface area contributed by atoms with Gasteiger partial charge >= 0.3 is 0 Å². The SMILES string of the molecule is CCCNC(C)CC(C)Sc1ccc(S(C)(=O)=O)cc1. The van der Waals surface area contributed by atoms with Crippen molar-refractivity contribution in [2.24, 2.45) is 0 Å². The van der Waals surface area contributed by atoms with E-state index in [-0.39, 0.29) is 0 Å². The maximum Gasteiger partial charge on any atom is 0.175 e. The first-order valence-electron chi connectivity index (χ1n) is 7.03. The van der Waals surface area contributed by atoms with Crippen LogP contribution in [0.3, 0.4) is 0 Å². The molecule has 0 aromatic heterocycles. The molecule has 1 rings (SSSR count). The molecule has 0 amide bonds. The lowest BCUT2D eigenvalue weighted by atomic mass is 10.2. The van der Waals surface area contributed by atoms with Crippen LogP contribution < -0.4 is 5.32 Å². The third-order valence-corrected chi connectivity index (χ3v) is 5.29. The molecule has 0 aliphatic heterocycles. The topological polar surface area (TPSA) is 46.2 Å². The Balaban J connectivity index is 2.52. The summed E-state index contributed by atoms with van der Waals surface area (Å²) in [5, 5.41) is 3.98. The molecule has 114 valence electrons. The summed E-state index contributed by atoms with van der Waals surface area (Å²) < 4.78 is 22.8. The van der Waals surface area contributed by atoms with Gasteiger partial charge in [-0.1, -0.05) is 13.8 Å². The van der Waals surface area contributed by atoms with Gasteiger partial charge in [0.25, 0.3) is 0 Å². The normalized spacial score (nSPS) is 15.0. The number of thioether (sulfide) groups is 1. The minimum atomic E-state index is -3.10. The molecule has 3 nitrogen and oxygen atoms in total. The second kappa shape index (κ2) is 8.05. The molecule has 5 heteroatoms. The predicted octanol–water partition coefficient (Wildman–Crippen LogP) is 3.35. The van der Waals surface area contributed by atoms with Crippen molar-refractivity contribution < 1.29 is 8.42 Å². The van der Waals surface area contributed by atoms with Crippen LogP contribution in [0.25, 0.3) is 0 Å². The van der Waals surface area contributed by atoms with E-state index < -0.39 is 9.84 Å². The van der Waals surface area contributed by atoms with Crippen LogP contribution in [-0.4, -0.2) is 32.5 Å². The fourth-order valence-electron chi connectivity index (χ4n) is 2.02. The van der Waals surface area contributed by atoms with Gasteiger partial charge in [-0.05, 0) is 50.6 Å². The van der Waals surface area contributed by atoms with Gasteiger partial charge in [-0.2, -0.15) is 0 Å². The van der Waals surface area contributed by atoms with Crippen LogP contribution in [0.1, 0.15) is 33.6 Å². The van der Waals surface area contributed by atoms with Crippen molar-refractivity contribution in [3.63, 3.8) is 0 Å². The van der Waals surface area contributed by atoms with Crippen molar-refractivity contribution in [2.45, 2.75) is 54.7 Å². The number of hydrogen-bond acceptors (Lipinski definition) is 4. The molecule has 1 aromatic rings. The fraction of sp³-hybridized carbons (Fsp3) is 0.600. The first-order valence-corrected chi connectivity index (χ1v) is 9.80. The molecule has 1 aromatic carbocycles. The van der Waals surface area contributed by atoms with Gasteiger partial charge in [0.05, 0.1) is 4.90 Å². The van der Waals surface area contributed by atoms with Gasteiger partial charge in [0.2, 0.25) is 0 Å². The van der Waals surface area contributed by atoms with Crippen molar-refractivity contribution in [1.29, 1.82) is 0 Å². The molecule has 0 radical (unpaired) electrons. The lowest BCUT2D eigenvalue weighted by Crippen LogP contribution is -2.29. The van der Waals surface area contributed by atoms with Crippen molar-refractivity contribution in [3.05, 3.63) is 24.3 Å². The summed E-state index contributed by atoms with van der Waals surface area (Å²) in [6, 6.07) is 7.66. The third kappa shape index (κ3) is 6.29. The van der Waals surface area contributed by atoms with E-state index in [0.717, 1.165) is 24.3 Å². The van der Waals surface area contributed by atoms with E-state index in [0.29, 0.717) is 16.2 Å². The number of benzene rings is 1. The molecule has 0 bridgehead atoms. The highest BCUT2D eigenvalue weighted by Gasteiger charge is 2.11. The van der Waals surface area contributed by atoms with Crippen LogP contribution in [0.15, 0.2) is 34.1 Å². The van der Waals surface area contributed by atoms with Gasteiger partial charge < -0.3 is 5.32 Å². The lowest BCUT2D eigenvalue weighted by molar-refractivity contribution is 0.513. The molecular formula is C15H25NO2S2. The Morgan fingerprint density at radius 2 is 1.80 bits per heavy atom. The summed E-state index contributed by atoms with van der Waals surface area (Å²) in [4.78, 5) is 1.50. The van der Waals surface area contributed by atoms with Gasteiger partial charge in [-0.25, -0.2) is 8.42 Å². The fourth-order valence-corrected chi connectivity index (χ4v) is 3.79. The van der Waals surface area contributed by atoms with Crippen molar-refractivity contribution in [2.75, 3.05) is 12.8 Å². The van der Waals surface area contributed by atoms with E-state index in [1.54, 1.807) is 23.9 Å². The molecule has 0 heterocycles. The molecule has 0 spiro atoms. The molecule has 2 atom stereocenters. The molecule has 0 aliphatic rings. The second-order valence-corrected chi connectivity index (χ2v) is 8.79. The van der Waals surface area contributed by atoms with Crippen LogP contribution in [0.4, 0.5) is 0 Å². The summed E-state index contributed by atoms with van der Waals surface area (Å²) in [6.45, 7) is 7.64. The molecule has 0 aliphatic carbocycles. The van der Waals surface area contributed by atoms with E-state index in [1.807, 2.05) is 12.1 Å². The quantitative estimate of drug-likeness (QED) is 0.747. The predicted molar refractivity (Wildman–Crippen MR) is 87.2 cm³/mol. The lowest BCUT2D eigenvalue weighted by Gasteiger charge is -2.18. The van der Waals surface area contributed by atoms with E-state index in [2.05, 4.69) is 26.1 Å². The maximum atomic E-state index is 11.4. The first kappa shape index (κ1) is 17.5. The minimum absolute atomic E-state index is 0.382. The van der Waals surface area contributed by atoms with Gasteiger partial charge in [0, 0.05) is 22.4 Å². The van der Waals surface area contributed by atoms with Crippen molar-refractivity contribution >= 4 is 21.6 Å². The molecule has 0 fully saturated rings. The zero-order chi connectivity index (χ0) is 15.2. The molecular weight excluding hydrogens is 290 g/mol. The highest BCUT2D eigenvalue weighted by Crippen LogP contribution is 2.27. The van der Waals surface area contributed by atoms with Crippen LogP contribution in [0.2, 0.25) is 0 Å². The number of nitrogens with one attached hydrogen (secondary N) is 1. The average molecular weight is 316 g/mol. The second-order valence-electron chi connectivity index (χ2n) is 5.26. The zero-order valence-electron chi connectivity index (χ0n) is 12.7. The summed E-state index contributed by atoms with van der Waals surface area (Å²) in [5.41, 5.74) is 0. The third-order valence-electron chi connectivity index (χ3n) is 3.02. The first-order chi connectivity index (χ1) is 9.32. The number of hydrogen-bond donors (Lipinski definition) is 1. The van der Waals surface area contributed by atoms with Gasteiger partial charge in [0.15, 0.2) is 9.84 Å². The summed E-state index contributed by atoms with van der Waals surface area (Å²) in [6.07, 6.45) is 3.48.